The lowest BCUT2D eigenvalue weighted by Gasteiger charge is -2.44. The number of benzene rings is 2. The van der Waals surface area contributed by atoms with Crippen LogP contribution in [0, 0.1) is 17.8 Å². The van der Waals surface area contributed by atoms with Gasteiger partial charge < -0.3 is 19.5 Å². The number of ether oxygens (including phenoxy) is 2. The highest BCUT2D eigenvalue weighted by molar-refractivity contribution is 7.90. The van der Waals surface area contributed by atoms with Crippen molar-refractivity contribution in [1.29, 1.82) is 0 Å². The van der Waals surface area contributed by atoms with Gasteiger partial charge in [0.2, 0.25) is 10.0 Å². The fraction of sp³-hybridized carbons (Fsp3) is 0.571. The molecule has 0 saturated heterocycles. The fourth-order valence-electron chi connectivity index (χ4n) is 7.83. The minimum Gasteiger partial charge on any atom is -0.506 e. The molecule has 1 spiro atoms. The van der Waals surface area contributed by atoms with Gasteiger partial charge in [0.1, 0.15) is 11.5 Å². The lowest BCUT2D eigenvalue weighted by atomic mass is 9.69. The molecule has 2 aromatic rings. The summed E-state index contributed by atoms with van der Waals surface area (Å²) in [5.41, 5.74) is 2.91. The van der Waals surface area contributed by atoms with Gasteiger partial charge in [-0.25, -0.2) is 13.1 Å². The zero-order chi connectivity index (χ0) is 31.9. The van der Waals surface area contributed by atoms with Crippen molar-refractivity contribution in [3.8, 4) is 11.5 Å². The molecule has 2 bridgehead atoms. The number of allylic oxidation sites excluding steroid dienone is 2. The number of halogens is 1. The molecule has 2 aromatic carbocycles. The Hall–Kier alpha value is -2.75. The summed E-state index contributed by atoms with van der Waals surface area (Å²) >= 11 is 6.33. The van der Waals surface area contributed by atoms with E-state index in [4.69, 9.17) is 21.1 Å². The third-order valence-electron chi connectivity index (χ3n) is 10.8. The van der Waals surface area contributed by atoms with Crippen molar-refractivity contribution < 1.29 is 27.8 Å². The van der Waals surface area contributed by atoms with E-state index >= 15 is 0 Å². The van der Waals surface area contributed by atoms with E-state index in [1.54, 1.807) is 25.3 Å². The highest BCUT2D eigenvalue weighted by atomic mass is 35.5. The van der Waals surface area contributed by atoms with E-state index in [9.17, 15) is 18.3 Å². The molecule has 0 radical (unpaired) electrons. The molecular weight excluding hydrogens is 612 g/mol. The number of carbonyl (C=O) groups is 1. The minimum absolute atomic E-state index is 0.0740. The summed E-state index contributed by atoms with van der Waals surface area (Å²) in [7, 11) is -2.44. The molecule has 2 aliphatic heterocycles. The summed E-state index contributed by atoms with van der Waals surface area (Å²) in [5.74, 6) is 0.922. The van der Waals surface area contributed by atoms with Crippen molar-refractivity contribution in [2.75, 3.05) is 31.7 Å². The molecule has 6 atom stereocenters. The zero-order valence-corrected chi connectivity index (χ0v) is 28.0. The van der Waals surface area contributed by atoms with Gasteiger partial charge in [-0.15, -0.1) is 0 Å². The number of aromatic hydroxyl groups is 1. The van der Waals surface area contributed by atoms with Crippen LogP contribution >= 0.6 is 11.6 Å². The molecule has 244 valence electrons. The number of amides is 1. The standard InChI is InChI=1S/C35H45ClN2O6S/c1-22-7-4-5-8-24-10-11-27(24)19-38-20-35(14-6-9-25-16-29(36)31(39)18-28(25)35)21-44-32-13-12-26(17-30(32)38)34(40)37-45(41,42)33(22)15-23(2)43-3/h4-5,12-13,16-18,22-24,27,33,39H,6-11,14-15,19-21H2,1-3H3,(H,37,40)/b5-4+/t22-,23+,24-,27-,33-,35-/m0/s1. The Morgan fingerprint density at radius 3 is 2.71 bits per heavy atom. The van der Waals surface area contributed by atoms with Crippen LogP contribution in [-0.2, 0) is 26.6 Å². The predicted molar refractivity (Wildman–Crippen MR) is 177 cm³/mol. The van der Waals surface area contributed by atoms with Crippen LogP contribution in [0.15, 0.2) is 42.5 Å². The van der Waals surface area contributed by atoms with Crippen molar-refractivity contribution in [2.45, 2.75) is 82.0 Å². The number of fused-ring (bicyclic) bond motifs is 4. The first-order chi connectivity index (χ1) is 21.5. The number of sulfonamides is 1. The lowest BCUT2D eigenvalue weighted by molar-refractivity contribution is 0.0973. The van der Waals surface area contributed by atoms with Gasteiger partial charge in [-0.05, 0) is 118 Å². The Morgan fingerprint density at radius 1 is 1.18 bits per heavy atom. The smallest absolute Gasteiger partial charge is 0.264 e. The maximum atomic E-state index is 13.7. The molecule has 2 N–H and O–H groups in total. The molecular formula is C35H45ClN2O6S. The lowest BCUT2D eigenvalue weighted by Crippen LogP contribution is -2.48. The average Bonchev–Trinajstić information content (AvgIpc) is 3.14. The van der Waals surface area contributed by atoms with Crippen LogP contribution in [0.2, 0.25) is 5.02 Å². The summed E-state index contributed by atoms with van der Waals surface area (Å²) in [6.45, 7) is 5.68. The van der Waals surface area contributed by atoms with Crippen LogP contribution in [0.4, 0.5) is 5.69 Å². The summed E-state index contributed by atoms with van der Waals surface area (Å²) in [4.78, 5) is 16.0. The minimum atomic E-state index is -4.01. The van der Waals surface area contributed by atoms with Crippen LogP contribution in [-0.4, -0.2) is 57.6 Å². The van der Waals surface area contributed by atoms with E-state index < -0.39 is 21.2 Å². The van der Waals surface area contributed by atoms with E-state index in [2.05, 4.69) is 21.8 Å². The third kappa shape index (κ3) is 6.45. The third-order valence-corrected chi connectivity index (χ3v) is 13.0. The number of hydrogen-bond donors (Lipinski definition) is 2. The highest BCUT2D eigenvalue weighted by Gasteiger charge is 2.44. The molecule has 6 rings (SSSR count). The van der Waals surface area contributed by atoms with Crippen molar-refractivity contribution in [3.05, 3.63) is 64.2 Å². The Balaban J connectivity index is 1.40. The summed E-state index contributed by atoms with van der Waals surface area (Å²) in [5, 5.41) is 10.2. The Morgan fingerprint density at radius 2 is 1.96 bits per heavy atom. The number of methoxy groups -OCH3 is 1. The molecule has 1 saturated carbocycles. The molecule has 1 amide bonds. The molecule has 0 unspecified atom stereocenters. The van der Waals surface area contributed by atoms with Gasteiger partial charge in [0.15, 0.2) is 0 Å². The van der Waals surface area contributed by atoms with Gasteiger partial charge in [0, 0.05) is 31.2 Å². The molecule has 1 fully saturated rings. The van der Waals surface area contributed by atoms with Gasteiger partial charge in [0.05, 0.1) is 28.7 Å². The van der Waals surface area contributed by atoms with Gasteiger partial charge in [-0.3, -0.25) is 4.79 Å². The molecule has 4 aliphatic rings. The first-order valence-electron chi connectivity index (χ1n) is 16.3. The van der Waals surface area contributed by atoms with Crippen LogP contribution in [0.25, 0.3) is 0 Å². The van der Waals surface area contributed by atoms with E-state index in [1.807, 2.05) is 26.0 Å². The van der Waals surface area contributed by atoms with E-state index in [0.29, 0.717) is 42.2 Å². The van der Waals surface area contributed by atoms with Crippen LogP contribution in [0.5, 0.6) is 11.5 Å². The second kappa shape index (κ2) is 12.8. The monoisotopic (exact) mass is 656 g/mol. The van der Waals surface area contributed by atoms with Crippen molar-refractivity contribution >= 4 is 33.2 Å². The fourth-order valence-corrected chi connectivity index (χ4v) is 9.79. The number of phenols is 1. The van der Waals surface area contributed by atoms with E-state index in [0.717, 1.165) is 61.9 Å². The SMILES string of the molecule is CO[C@H](C)C[C@H]1[C@@H](C)C/C=C/C[C@H]2CC[C@H]2CN2C[C@@]3(CCCc4cc(Cl)c(O)cc43)COc3ccc(cc32)C(=O)NS1(=O)=O. The largest absolute Gasteiger partial charge is 0.506 e. The molecule has 2 aliphatic carbocycles. The van der Waals surface area contributed by atoms with Crippen LogP contribution < -0.4 is 14.4 Å². The van der Waals surface area contributed by atoms with Gasteiger partial charge in [0.25, 0.3) is 5.91 Å². The molecule has 0 aromatic heterocycles. The zero-order valence-electron chi connectivity index (χ0n) is 26.4. The molecule has 45 heavy (non-hydrogen) atoms. The maximum absolute atomic E-state index is 13.7. The Labute approximate surface area is 272 Å². The van der Waals surface area contributed by atoms with Gasteiger partial charge in [-0.1, -0.05) is 30.7 Å². The molecule has 10 heteroatoms. The summed E-state index contributed by atoms with van der Waals surface area (Å²) in [6.07, 6.45) is 11.0. The summed E-state index contributed by atoms with van der Waals surface area (Å²) in [6, 6.07) is 8.93. The van der Waals surface area contributed by atoms with Crippen molar-refractivity contribution in [1.82, 2.24) is 4.72 Å². The first kappa shape index (κ1) is 32.2. The Bertz CT molecular complexity index is 1580. The first-order valence-corrected chi connectivity index (χ1v) is 18.2. The second-order valence-electron chi connectivity index (χ2n) is 13.8. The topological polar surface area (TPSA) is 105 Å². The number of rotatable bonds is 3. The van der Waals surface area contributed by atoms with Crippen molar-refractivity contribution in [3.63, 3.8) is 0 Å². The number of nitrogens with one attached hydrogen (secondary N) is 1. The van der Waals surface area contributed by atoms with Gasteiger partial charge >= 0.3 is 0 Å². The van der Waals surface area contributed by atoms with Crippen LogP contribution in [0.1, 0.15) is 80.3 Å². The van der Waals surface area contributed by atoms with Crippen molar-refractivity contribution in [2.24, 2.45) is 17.8 Å². The number of anilines is 1. The number of phenolic OH excluding ortho intramolecular Hbond substituents is 1. The predicted octanol–water partition coefficient (Wildman–Crippen LogP) is 6.38. The molecule has 8 nitrogen and oxygen atoms in total. The number of nitrogens with zero attached hydrogens (tertiary/aromatic N) is 1. The highest BCUT2D eigenvalue weighted by Crippen LogP contribution is 2.47. The molecule has 2 heterocycles. The summed E-state index contributed by atoms with van der Waals surface area (Å²) < 4.78 is 41.8. The average molecular weight is 657 g/mol. The number of carbonyl (C=O) groups excluding carboxylic acids is 1. The van der Waals surface area contributed by atoms with Crippen LogP contribution in [0.3, 0.4) is 0 Å². The maximum Gasteiger partial charge on any atom is 0.264 e. The second-order valence-corrected chi connectivity index (χ2v) is 16.1. The van der Waals surface area contributed by atoms with Gasteiger partial charge in [-0.2, -0.15) is 0 Å². The number of hydrogen-bond acceptors (Lipinski definition) is 7. The van der Waals surface area contributed by atoms with E-state index in [1.165, 1.54) is 0 Å². The quantitative estimate of drug-likeness (QED) is 0.369. The van der Waals surface area contributed by atoms with E-state index in [-0.39, 0.29) is 35.2 Å². The number of aryl methyl sites for hydroxylation is 1. The Kier molecular flexibility index (Phi) is 9.16. The normalized spacial score (nSPS) is 30.9.